The zero-order valence-corrected chi connectivity index (χ0v) is 16.8. The van der Waals surface area contributed by atoms with Crippen molar-refractivity contribution in [3.8, 4) is 0 Å². The van der Waals surface area contributed by atoms with E-state index in [2.05, 4.69) is 37.9 Å². The summed E-state index contributed by atoms with van der Waals surface area (Å²) in [5.74, 6) is -0.896. The molecule has 26 heavy (non-hydrogen) atoms. The molecule has 2 aromatic rings. The van der Waals surface area contributed by atoms with Crippen LogP contribution in [0.2, 0.25) is 0 Å². The smallest absolute Gasteiger partial charge is 0.133 e. The molecule has 140 valence electrons. The van der Waals surface area contributed by atoms with Crippen LogP contribution < -0.4 is 0 Å². The summed E-state index contributed by atoms with van der Waals surface area (Å²) in [6.07, 6.45) is 4.32. The van der Waals surface area contributed by atoms with Gasteiger partial charge in [-0.1, -0.05) is 62.2 Å². The minimum Gasteiger partial charge on any atom is -0.281 e. The van der Waals surface area contributed by atoms with E-state index in [0.717, 1.165) is 31.7 Å². The van der Waals surface area contributed by atoms with E-state index in [9.17, 15) is 8.78 Å². The molecule has 1 unspecified atom stereocenters. The van der Waals surface area contributed by atoms with Crippen molar-refractivity contribution in [1.82, 2.24) is 0 Å². The summed E-state index contributed by atoms with van der Waals surface area (Å²) in [6.45, 7) is 6.46. The molecule has 0 N–H and O–H groups in total. The minimum absolute atomic E-state index is 0.229. The molecule has 0 fully saturated rings. The Morgan fingerprint density at radius 1 is 1.12 bits per heavy atom. The fourth-order valence-electron chi connectivity index (χ4n) is 3.22. The van der Waals surface area contributed by atoms with E-state index in [-0.39, 0.29) is 10.3 Å². The Hall–Kier alpha value is -1.68. The van der Waals surface area contributed by atoms with Crippen molar-refractivity contribution < 1.29 is 8.78 Å². The highest BCUT2D eigenvalue weighted by Crippen LogP contribution is 2.44. The van der Waals surface area contributed by atoms with Crippen molar-refractivity contribution in [2.75, 3.05) is 7.05 Å². The van der Waals surface area contributed by atoms with Gasteiger partial charge in [-0.15, -0.1) is 0 Å². The molecule has 0 saturated carbocycles. The average molecular weight is 376 g/mol. The van der Waals surface area contributed by atoms with E-state index in [1.165, 1.54) is 35.0 Å². The molecule has 0 aliphatic carbocycles. The summed E-state index contributed by atoms with van der Waals surface area (Å²) >= 11 is 1.53. The van der Waals surface area contributed by atoms with Gasteiger partial charge in [0, 0.05) is 17.4 Å². The van der Waals surface area contributed by atoms with E-state index in [1.54, 1.807) is 7.05 Å². The predicted octanol–water partition coefficient (Wildman–Crippen LogP) is 6.88. The second kappa shape index (κ2) is 9.31. The normalized spacial score (nSPS) is 14.3. The van der Waals surface area contributed by atoms with Gasteiger partial charge >= 0.3 is 0 Å². The van der Waals surface area contributed by atoms with Crippen LogP contribution in [-0.4, -0.2) is 12.1 Å². The summed E-state index contributed by atoms with van der Waals surface area (Å²) in [4.78, 5) is 4.30. The van der Waals surface area contributed by atoms with Gasteiger partial charge in [0.05, 0.1) is 0 Å². The van der Waals surface area contributed by atoms with E-state index in [4.69, 9.17) is 0 Å². The van der Waals surface area contributed by atoms with Crippen LogP contribution in [-0.2, 0) is 4.75 Å². The maximum Gasteiger partial charge on any atom is 0.133 e. The lowest BCUT2D eigenvalue weighted by atomic mass is 9.91. The molecule has 0 bridgehead atoms. The number of rotatable bonds is 7. The highest BCUT2D eigenvalue weighted by atomic mass is 32.2. The molecule has 0 aliphatic heterocycles. The standard InChI is InChI=1S/C22H27F2NS/c1-5-6-9-14-22(3,19-11-8-7-10-16(19)2)26-21(25-4)18-15-17(23)12-13-20(18)24/h7-8,10-13,15H,5-6,9,14H2,1-4H3. The van der Waals surface area contributed by atoms with Gasteiger partial charge in [0.1, 0.15) is 16.7 Å². The summed E-state index contributed by atoms with van der Waals surface area (Å²) in [5, 5.41) is 0.532. The number of benzene rings is 2. The first kappa shape index (κ1) is 20.6. The van der Waals surface area contributed by atoms with Gasteiger partial charge < -0.3 is 0 Å². The molecule has 0 heterocycles. The number of nitrogens with zero attached hydrogens (tertiary/aromatic N) is 1. The average Bonchev–Trinajstić information content (AvgIpc) is 2.62. The molecule has 2 aromatic carbocycles. The van der Waals surface area contributed by atoms with Gasteiger partial charge in [-0.05, 0) is 49.6 Å². The van der Waals surface area contributed by atoms with Crippen molar-refractivity contribution in [2.24, 2.45) is 4.99 Å². The van der Waals surface area contributed by atoms with Gasteiger partial charge in [0.15, 0.2) is 0 Å². The first-order valence-corrected chi connectivity index (χ1v) is 9.90. The lowest BCUT2D eigenvalue weighted by Crippen LogP contribution is -2.22. The number of hydrogen-bond donors (Lipinski definition) is 0. The molecule has 0 radical (unpaired) electrons. The van der Waals surface area contributed by atoms with E-state index in [1.807, 2.05) is 12.1 Å². The van der Waals surface area contributed by atoms with Crippen LogP contribution in [0.4, 0.5) is 8.78 Å². The zero-order valence-electron chi connectivity index (χ0n) is 16.0. The largest absolute Gasteiger partial charge is 0.281 e. The zero-order chi connectivity index (χ0) is 19.2. The van der Waals surface area contributed by atoms with Crippen molar-refractivity contribution in [2.45, 2.75) is 51.2 Å². The van der Waals surface area contributed by atoms with Crippen molar-refractivity contribution in [1.29, 1.82) is 0 Å². The van der Waals surface area contributed by atoms with Gasteiger partial charge in [-0.2, -0.15) is 0 Å². The number of halogens is 2. The summed E-state index contributed by atoms with van der Waals surface area (Å²) in [7, 11) is 1.64. The van der Waals surface area contributed by atoms with Crippen LogP contribution in [0.5, 0.6) is 0 Å². The van der Waals surface area contributed by atoms with Gasteiger partial charge in [-0.3, -0.25) is 4.99 Å². The van der Waals surface area contributed by atoms with Gasteiger partial charge in [0.2, 0.25) is 0 Å². The van der Waals surface area contributed by atoms with Crippen molar-refractivity contribution >= 4 is 16.8 Å². The quantitative estimate of drug-likeness (QED) is 0.292. The SMILES string of the molecule is CCCCCC(C)(SC(=NC)c1cc(F)ccc1F)c1ccccc1C. The lowest BCUT2D eigenvalue weighted by molar-refractivity contribution is 0.559. The third kappa shape index (κ3) is 4.94. The Kier molecular flexibility index (Phi) is 7.39. The molecule has 0 saturated heterocycles. The maximum absolute atomic E-state index is 14.3. The number of aliphatic imine (C=N–C) groups is 1. The van der Waals surface area contributed by atoms with Crippen molar-refractivity contribution in [3.05, 3.63) is 70.8 Å². The van der Waals surface area contributed by atoms with Crippen molar-refractivity contribution in [3.63, 3.8) is 0 Å². The highest BCUT2D eigenvalue weighted by Gasteiger charge is 2.31. The molecular formula is C22H27F2NS. The lowest BCUT2D eigenvalue weighted by Gasteiger charge is -2.32. The van der Waals surface area contributed by atoms with Crippen LogP contribution in [0.15, 0.2) is 47.5 Å². The Bertz CT molecular complexity index is 772. The Labute approximate surface area is 159 Å². The summed E-state index contributed by atoms with van der Waals surface area (Å²) < 4.78 is 27.7. The summed E-state index contributed by atoms with van der Waals surface area (Å²) in [5.41, 5.74) is 2.65. The van der Waals surface area contributed by atoms with Gasteiger partial charge in [0.25, 0.3) is 0 Å². The molecule has 0 aliphatic rings. The Balaban J connectivity index is 2.42. The van der Waals surface area contributed by atoms with Crippen LogP contribution in [0, 0.1) is 18.6 Å². The third-order valence-corrected chi connectivity index (χ3v) is 6.13. The van der Waals surface area contributed by atoms with E-state index in [0.29, 0.717) is 5.04 Å². The van der Waals surface area contributed by atoms with E-state index >= 15 is 0 Å². The second-order valence-corrected chi connectivity index (χ2v) is 8.25. The number of hydrogen-bond acceptors (Lipinski definition) is 2. The van der Waals surface area contributed by atoms with Crippen LogP contribution in [0.3, 0.4) is 0 Å². The number of aryl methyl sites for hydroxylation is 1. The predicted molar refractivity (Wildman–Crippen MR) is 109 cm³/mol. The minimum atomic E-state index is -0.452. The fourth-order valence-corrected chi connectivity index (χ4v) is 4.58. The molecule has 4 heteroatoms. The third-order valence-electron chi connectivity index (χ3n) is 4.66. The molecule has 0 spiro atoms. The molecule has 1 atom stereocenters. The highest BCUT2D eigenvalue weighted by molar-refractivity contribution is 8.15. The molecule has 0 amide bonds. The monoisotopic (exact) mass is 375 g/mol. The van der Waals surface area contributed by atoms with Gasteiger partial charge in [-0.25, -0.2) is 8.78 Å². The van der Waals surface area contributed by atoms with Crippen LogP contribution in [0.1, 0.15) is 56.2 Å². The Morgan fingerprint density at radius 3 is 2.50 bits per heavy atom. The first-order chi connectivity index (χ1) is 12.4. The maximum atomic E-state index is 14.3. The Morgan fingerprint density at radius 2 is 1.85 bits per heavy atom. The molecule has 0 aromatic heterocycles. The fraction of sp³-hybridized carbons (Fsp3) is 0.409. The first-order valence-electron chi connectivity index (χ1n) is 9.08. The summed E-state index contributed by atoms with van der Waals surface area (Å²) in [6, 6.07) is 11.8. The number of thioether (sulfide) groups is 1. The molecule has 2 rings (SSSR count). The molecular weight excluding hydrogens is 348 g/mol. The van der Waals surface area contributed by atoms with E-state index < -0.39 is 11.6 Å². The second-order valence-electron chi connectivity index (χ2n) is 6.76. The topological polar surface area (TPSA) is 12.4 Å². The molecule has 1 nitrogen and oxygen atoms in total. The van der Waals surface area contributed by atoms with Crippen LogP contribution >= 0.6 is 11.8 Å². The number of unbranched alkanes of at least 4 members (excludes halogenated alkanes) is 2. The van der Waals surface area contributed by atoms with Crippen LogP contribution in [0.25, 0.3) is 0 Å².